The van der Waals surface area contributed by atoms with Crippen molar-refractivity contribution in [3.05, 3.63) is 89.0 Å². The number of nitrogens with one attached hydrogen (secondary N) is 1. The van der Waals surface area contributed by atoms with E-state index in [9.17, 15) is 9.59 Å². The van der Waals surface area contributed by atoms with Gasteiger partial charge in [0.25, 0.3) is 5.91 Å². The zero-order valence-corrected chi connectivity index (χ0v) is 18.1. The molecule has 1 amide bonds. The summed E-state index contributed by atoms with van der Waals surface area (Å²) in [5.41, 5.74) is 5.60. The topological polar surface area (TPSA) is 86.2 Å². The molecule has 0 aliphatic heterocycles. The van der Waals surface area contributed by atoms with Gasteiger partial charge in [-0.1, -0.05) is 29.8 Å². The second kappa shape index (κ2) is 10.8. The fourth-order valence-corrected chi connectivity index (χ4v) is 2.76. The predicted octanol–water partition coefficient (Wildman–Crippen LogP) is 4.06. The number of hydrazone groups is 1. The first-order valence-corrected chi connectivity index (χ1v) is 9.93. The molecule has 3 aromatic carbocycles. The summed E-state index contributed by atoms with van der Waals surface area (Å²) in [4.78, 5) is 24.3. The number of methoxy groups -OCH3 is 1. The molecule has 0 bridgehead atoms. The van der Waals surface area contributed by atoms with Crippen LogP contribution in [0.1, 0.15) is 27.0 Å². The second-order valence-corrected chi connectivity index (χ2v) is 7.06. The fourth-order valence-electron chi connectivity index (χ4n) is 2.76. The molecule has 32 heavy (non-hydrogen) atoms. The van der Waals surface area contributed by atoms with Crippen molar-refractivity contribution in [2.45, 2.75) is 13.8 Å². The third-order valence-corrected chi connectivity index (χ3v) is 4.44. The zero-order chi connectivity index (χ0) is 22.9. The third kappa shape index (κ3) is 6.43. The summed E-state index contributed by atoms with van der Waals surface area (Å²) in [5.74, 6) is 0.392. The van der Waals surface area contributed by atoms with Crippen LogP contribution in [0, 0.1) is 13.8 Å². The smallest absolute Gasteiger partial charge is 0.343 e. The monoisotopic (exact) mass is 432 g/mol. The Hall–Kier alpha value is -4.13. The molecule has 1 N–H and O–H groups in total. The van der Waals surface area contributed by atoms with Gasteiger partial charge in [-0.3, -0.25) is 4.79 Å². The molecule has 0 saturated carbocycles. The quantitative estimate of drug-likeness (QED) is 0.251. The summed E-state index contributed by atoms with van der Waals surface area (Å²) in [6.07, 6.45) is 1.46. The Kier molecular flexibility index (Phi) is 7.59. The van der Waals surface area contributed by atoms with Crippen molar-refractivity contribution in [3.8, 4) is 17.2 Å². The van der Waals surface area contributed by atoms with Gasteiger partial charge < -0.3 is 14.2 Å². The van der Waals surface area contributed by atoms with Crippen molar-refractivity contribution < 1.29 is 23.8 Å². The summed E-state index contributed by atoms with van der Waals surface area (Å²) in [6.45, 7) is 3.73. The number of rotatable bonds is 8. The van der Waals surface area contributed by atoms with Crippen molar-refractivity contribution in [2.24, 2.45) is 5.10 Å². The molecule has 7 nitrogen and oxygen atoms in total. The minimum Gasteiger partial charge on any atom is -0.493 e. The molecular weight excluding hydrogens is 408 g/mol. The number of hydrogen-bond acceptors (Lipinski definition) is 6. The minimum atomic E-state index is -0.481. The van der Waals surface area contributed by atoms with Crippen molar-refractivity contribution in [1.82, 2.24) is 5.43 Å². The van der Waals surface area contributed by atoms with Crippen LogP contribution in [-0.2, 0) is 4.79 Å². The molecule has 0 unspecified atom stereocenters. The molecule has 164 valence electrons. The summed E-state index contributed by atoms with van der Waals surface area (Å²) in [5, 5.41) is 3.93. The lowest BCUT2D eigenvalue weighted by molar-refractivity contribution is -0.123. The van der Waals surface area contributed by atoms with Gasteiger partial charge >= 0.3 is 5.97 Å². The average Bonchev–Trinajstić information content (AvgIpc) is 2.79. The summed E-state index contributed by atoms with van der Waals surface area (Å²) >= 11 is 0. The minimum absolute atomic E-state index is 0.155. The first kappa shape index (κ1) is 22.6. The molecule has 7 heteroatoms. The number of amides is 1. The maximum atomic E-state index is 12.3. The van der Waals surface area contributed by atoms with Crippen LogP contribution in [0.5, 0.6) is 17.2 Å². The Balaban J connectivity index is 1.56. The van der Waals surface area contributed by atoms with E-state index in [0.717, 1.165) is 11.1 Å². The van der Waals surface area contributed by atoms with Crippen molar-refractivity contribution in [1.29, 1.82) is 0 Å². The largest absolute Gasteiger partial charge is 0.493 e. The molecule has 0 fully saturated rings. The summed E-state index contributed by atoms with van der Waals surface area (Å²) < 4.78 is 16.2. The van der Waals surface area contributed by atoms with Crippen LogP contribution in [0.4, 0.5) is 0 Å². The van der Waals surface area contributed by atoms with Crippen LogP contribution < -0.4 is 19.6 Å². The van der Waals surface area contributed by atoms with Crippen molar-refractivity contribution >= 4 is 18.1 Å². The lowest BCUT2D eigenvalue weighted by atomic mass is 10.1. The van der Waals surface area contributed by atoms with Crippen LogP contribution >= 0.6 is 0 Å². The van der Waals surface area contributed by atoms with Gasteiger partial charge in [-0.15, -0.1) is 0 Å². The Labute approximate surface area is 186 Å². The summed E-state index contributed by atoms with van der Waals surface area (Å²) in [7, 11) is 1.48. The van der Waals surface area contributed by atoms with E-state index in [4.69, 9.17) is 14.2 Å². The number of nitrogens with zero attached hydrogens (tertiary/aromatic N) is 1. The third-order valence-electron chi connectivity index (χ3n) is 4.44. The van der Waals surface area contributed by atoms with Gasteiger partial charge in [0.15, 0.2) is 18.1 Å². The van der Waals surface area contributed by atoms with Crippen LogP contribution in [0.25, 0.3) is 0 Å². The van der Waals surface area contributed by atoms with E-state index in [1.54, 1.807) is 36.4 Å². The van der Waals surface area contributed by atoms with Gasteiger partial charge in [0.2, 0.25) is 0 Å². The molecule has 3 aromatic rings. The predicted molar refractivity (Wildman–Crippen MR) is 122 cm³/mol. The highest BCUT2D eigenvalue weighted by Crippen LogP contribution is 2.28. The highest BCUT2D eigenvalue weighted by molar-refractivity contribution is 5.91. The van der Waals surface area contributed by atoms with Crippen LogP contribution in [0.3, 0.4) is 0 Å². The van der Waals surface area contributed by atoms with E-state index in [1.165, 1.54) is 13.3 Å². The van der Waals surface area contributed by atoms with E-state index >= 15 is 0 Å². The second-order valence-electron chi connectivity index (χ2n) is 7.06. The number of aryl methyl sites for hydroxylation is 2. The highest BCUT2D eigenvalue weighted by atomic mass is 16.6. The molecule has 0 heterocycles. The SMILES string of the molecule is COc1cc(/C=N/NC(=O)COc2cccc(C)c2)ccc1OC(=O)c1ccc(C)cc1. The normalized spacial score (nSPS) is 10.6. The van der Waals surface area contributed by atoms with E-state index in [2.05, 4.69) is 10.5 Å². The lowest BCUT2D eigenvalue weighted by Crippen LogP contribution is -2.24. The standard InChI is InChI=1S/C25H24N2O5/c1-17-7-10-20(11-8-17)25(29)32-22-12-9-19(14-23(22)30-3)15-26-27-24(28)16-31-21-6-4-5-18(2)13-21/h4-15H,16H2,1-3H3,(H,27,28)/b26-15+. The van der Waals surface area contributed by atoms with Gasteiger partial charge in [-0.05, 0) is 67.4 Å². The molecule has 0 aliphatic carbocycles. The molecule has 0 radical (unpaired) electrons. The first-order chi connectivity index (χ1) is 15.4. The fraction of sp³-hybridized carbons (Fsp3) is 0.160. The average molecular weight is 432 g/mol. The van der Waals surface area contributed by atoms with Gasteiger partial charge in [-0.2, -0.15) is 5.10 Å². The number of carbonyl (C=O) groups excluding carboxylic acids is 2. The number of benzene rings is 3. The number of ether oxygens (including phenoxy) is 3. The van der Waals surface area contributed by atoms with E-state index < -0.39 is 11.9 Å². The van der Waals surface area contributed by atoms with Crippen molar-refractivity contribution in [2.75, 3.05) is 13.7 Å². The van der Waals surface area contributed by atoms with Gasteiger partial charge in [0.05, 0.1) is 18.9 Å². The van der Waals surface area contributed by atoms with E-state index in [1.807, 2.05) is 44.2 Å². The van der Waals surface area contributed by atoms with Gasteiger partial charge in [-0.25, -0.2) is 10.2 Å². The first-order valence-electron chi connectivity index (χ1n) is 9.93. The Bertz CT molecular complexity index is 1120. The Morgan fingerprint density at radius 3 is 2.44 bits per heavy atom. The van der Waals surface area contributed by atoms with Crippen LogP contribution in [0.15, 0.2) is 71.8 Å². The van der Waals surface area contributed by atoms with E-state index in [-0.39, 0.29) is 12.4 Å². The molecular formula is C25H24N2O5. The van der Waals surface area contributed by atoms with Gasteiger partial charge in [0, 0.05) is 0 Å². The van der Waals surface area contributed by atoms with Crippen LogP contribution in [0.2, 0.25) is 0 Å². The molecule has 0 atom stereocenters. The zero-order valence-electron chi connectivity index (χ0n) is 18.1. The number of esters is 1. The van der Waals surface area contributed by atoms with Gasteiger partial charge in [0.1, 0.15) is 5.75 Å². The van der Waals surface area contributed by atoms with E-state index in [0.29, 0.717) is 22.6 Å². The highest BCUT2D eigenvalue weighted by Gasteiger charge is 2.12. The molecule has 0 aliphatic rings. The summed E-state index contributed by atoms with van der Waals surface area (Å²) in [6, 6.07) is 19.5. The number of hydrogen-bond donors (Lipinski definition) is 1. The maximum Gasteiger partial charge on any atom is 0.343 e. The van der Waals surface area contributed by atoms with Crippen molar-refractivity contribution in [3.63, 3.8) is 0 Å². The van der Waals surface area contributed by atoms with Crippen LogP contribution in [-0.4, -0.2) is 31.8 Å². The molecule has 0 saturated heterocycles. The number of carbonyl (C=O) groups is 2. The molecule has 0 spiro atoms. The maximum absolute atomic E-state index is 12.3. The Morgan fingerprint density at radius 1 is 0.938 bits per heavy atom. The molecule has 3 rings (SSSR count). The molecule has 0 aromatic heterocycles. The lowest BCUT2D eigenvalue weighted by Gasteiger charge is -2.10. The Morgan fingerprint density at radius 2 is 1.72 bits per heavy atom.